The largest absolute Gasteiger partial charge is 0.373 e. The highest BCUT2D eigenvalue weighted by atomic mass is 32.2. The number of nitrogens with one attached hydrogen (secondary N) is 1. The lowest BCUT2D eigenvalue weighted by Crippen LogP contribution is -2.48. The van der Waals surface area contributed by atoms with Gasteiger partial charge in [-0.25, -0.2) is 13.4 Å². The van der Waals surface area contributed by atoms with Crippen LogP contribution >= 0.6 is 11.3 Å². The van der Waals surface area contributed by atoms with Crippen molar-refractivity contribution in [2.24, 2.45) is 0 Å². The van der Waals surface area contributed by atoms with Crippen molar-refractivity contribution in [1.82, 2.24) is 9.29 Å². The average Bonchev–Trinajstić information content (AvgIpc) is 2.97. The molecule has 1 saturated heterocycles. The van der Waals surface area contributed by atoms with E-state index in [0.717, 1.165) is 10.6 Å². The fourth-order valence-corrected chi connectivity index (χ4v) is 5.56. The molecule has 9 heteroatoms. The Bertz CT molecular complexity index is 942. The van der Waals surface area contributed by atoms with Crippen LogP contribution in [0.3, 0.4) is 0 Å². The van der Waals surface area contributed by atoms with Gasteiger partial charge >= 0.3 is 0 Å². The Morgan fingerprint density at radius 1 is 1.29 bits per heavy atom. The minimum absolute atomic E-state index is 0.0571. The van der Waals surface area contributed by atoms with E-state index in [1.165, 1.54) is 27.8 Å². The smallest absolute Gasteiger partial charge is 0.243 e. The summed E-state index contributed by atoms with van der Waals surface area (Å²) in [5.41, 5.74) is 1.29. The van der Waals surface area contributed by atoms with Crippen molar-refractivity contribution in [3.63, 3.8) is 0 Å². The lowest BCUT2D eigenvalue weighted by Gasteiger charge is -2.34. The second-order valence-corrected chi connectivity index (χ2v) is 10.2. The molecule has 2 unspecified atom stereocenters. The van der Waals surface area contributed by atoms with Crippen LogP contribution in [0.1, 0.15) is 34.8 Å². The fraction of sp³-hybridized carbons (Fsp3) is 0.474. The Balaban J connectivity index is 1.74. The molecule has 1 aromatic carbocycles. The zero-order valence-corrected chi connectivity index (χ0v) is 18.1. The number of hydrogen-bond acceptors (Lipinski definition) is 7. The summed E-state index contributed by atoms with van der Waals surface area (Å²) in [7, 11) is -3.68. The molecule has 3 rings (SSSR count). The summed E-state index contributed by atoms with van der Waals surface area (Å²) in [5, 5.41) is 3.70. The highest BCUT2D eigenvalue weighted by molar-refractivity contribution is 7.89. The van der Waals surface area contributed by atoms with Crippen molar-refractivity contribution in [3.8, 4) is 0 Å². The van der Waals surface area contributed by atoms with E-state index in [2.05, 4.69) is 10.3 Å². The zero-order valence-electron chi connectivity index (χ0n) is 16.4. The van der Waals surface area contributed by atoms with E-state index in [1.54, 1.807) is 12.1 Å². The van der Waals surface area contributed by atoms with Crippen LogP contribution in [0.2, 0.25) is 0 Å². The average molecular weight is 424 g/mol. The molecule has 2 atom stereocenters. The van der Waals surface area contributed by atoms with Gasteiger partial charge in [0.25, 0.3) is 0 Å². The summed E-state index contributed by atoms with van der Waals surface area (Å²) in [6.45, 7) is 8.26. The van der Waals surface area contributed by atoms with Gasteiger partial charge in [0.15, 0.2) is 10.9 Å². The van der Waals surface area contributed by atoms with Gasteiger partial charge in [-0.05, 0) is 39.8 Å². The first kappa shape index (κ1) is 20.9. The second kappa shape index (κ2) is 8.28. The van der Waals surface area contributed by atoms with Crippen LogP contribution in [-0.2, 0) is 14.8 Å². The van der Waals surface area contributed by atoms with Crippen LogP contribution < -0.4 is 5.32 Å². The number of nitrogens with zero attached hydrogens (tertiary/aromatic N) is 2. The summed E-state index contributed by atoms with van der Waals surface area (Å²) in [5.74, 6) is -0.189. The van der Waals surface area contributed by atoms with Crippen molar-refractivity contribution in [1.29, 1.82) is 0 Å². The zero-order chi connectivity index (χ0) is 20.5. The molecule has 152 valence electrons. The monoisotopic (exact) mass is 423 g/mol. The molecule has 0 saturated carbocycles. The van der Waals surface area contributed by atoms with E-state index < -0.39 is 10.0 Å². The number of carbonyl (C=O) groups is 1. The second-order valence-electron chi connectivity index (χ2n) is 7.04. The normalized spacial score (nSPS) is 20.9. The van der Waals surface area contributed by atoms with E-state index in [9.17, 15) is 13.2 Å². The van der Waals surface area contributed by atoms with E-state index in [1.807, 2.05) is 27.7 Å². The topological polar surface area (TPSA) is 88.6 Å². The van der Waals surface area contributed by atoms with Crippen molar-refractivity contribution in [2.75, 3.05) is 25.0 Å². The number of hydrogen-bond donors (Lipinski definition) is 1. The van der Waals surface area contributed by atoms with Crippen LogP contribution in [-0.4, -0.2) is 55.3 Å². The standard InChI is InChI=1S/C19H25N3O4S2/c1-12-10-22(11-13(2)26-12)28(24,25)17-7-5-6-16(8-17)18(23)9-20-19-21-14(3)15(4)27-19/h5-8,12-13H,9-11H2,1-4H3,(H,20,21). The van der Waals surface area contributed by atoms with Crippen LogP contribution in [0.15, 0.2) is 29.2 Å². The van der Waals surface area contributed by atoms with Gasteiger partial charge in [-0.1, -0.05) is 12.1 Å². The van der Waals surface area contributed by atoms with Gasteiger partial charge in [-0.2, -0.15) is 4.31 Å². The maximum absolute atomic E-state index is 13.0. The number of morpholine rings is 1. The number of sulfonamides is 1. The molecule has 0 bridgehead atoms. The molecule has 1 aliphatic rings. The quantitative estimate of drug-likeness (QED) is 0.719. The first-order chi connectivity index (χ1) is 13.2. The molecule has 2 heterocycles. The summed E-state index contributed by atoms with van der Waals surface area (Å²) in [4.78, 5) is 18.1. The van der Waals surface area contributed by atoms with Crippen molar-refractivity contribution >= 4 is 32.3 Å². The molecule has 0 aliphatic carbocycles. The minimum atomic E-state index is -3.68. The predicted molar refractivity (Wildman–Crippen MR) is 110 cm³/mol. The molecular formula is C19H25N3O4S2. The van der Waals surface area contributed by atoms with Gasteiger partial charge in [0, 0.05) is 23.5 Å². The van der Waals surface area contributed by atoms with Gasteiger partial charge < -0.3 is 10.1 Å². The van der Waals surface area contributed by atoms with E-state index >= 15 is 0 Å². The SMILES string of the molecule is Cc1nc(NCC(=O)c2cccc(S(=O)(=O)N3CC(C)OC(C)C3)c2)sc1C. The van der Waals surface area contributed by atoms with Crippen LogP contribution in [0, 0.1) is 13.8 Å². The first-order valence-electron chi connectivity index (χ1n) is 9.13. The number of carbonyl (C=O) groups excluding carboxylic acids is 1. The minimum Gasteiger partial charge on any atom is -0.373 e. The lowest BCUT2D eigenvalue weighted by atomic mass is 10.1. The molecule has 1 fully saturated rings. The van der Waals surface area contributed by atoms with E-state index in [0.29, 0.717) is 23.8 Å². The number of aromatic nitrogens is 1. The molecule has 1 aliphatic heterocycles. The number of anilines is 1. The van der Waals surface area contributed by atoms with Gasteiger partial charge in [0.05, 0.1) is 29.3 Å². The van der Waals surface area contributed by atoms with Gasteiger partial charge in [-0.3, -0.25) is 4.79 Å². The number of ether oxygens (including phenoxy) is 1. The third kappa shape index (κ3) is 4.60. The number of thiazole rings is 1. The Kier molecular flexibility index (Phi) is 6.18. The predicted octanol–water partition coefficient (Wildman–Crippen LogP) is 2.85. The fourth-order valence-electron chi connectivity index (χ4n) is 3.11. The molecule has 2 aromatic rings. The number of aryl methyl sites for hydroxylation is 2. The maximum atomic E-state index is 13.0. The molecule has 28 heavy (non-hydrogen) atoms. The Hall–Kier alpha value is -1.81. The van der Waals surface area contributed by atoms with Crippen LogP contribution in [0.5, 0.6) is 0 Å². The van der Waals surface area contributed by atoms with Crippen LogP contribution in [0.25, 0.3) is 0 Å². The third-order valence-corrected chi connectivity index (χ3v) is 7.47. The molecule has 0 radical (unpaired) electrons. The Labute approximate surface area is 169 Å². The summed E-state index contributed by atoms with van der Waals surface area (Å²) in [6.07, 6.45) is -0.338. The number of benzene rings is 1. The van der Waals surface area contributed by atoms with Crippen molar-refractivity contribution < 1.29 is 17.9 Å². The summed E-state index contributed by atoms with van der Waals surface area (Å²) < 4.78 is 33.1. The Morgan fingerprint density at radius 3 is 2.57 bits per heavy atom. The molecule has 1 N–H and O–H groups in total. The highest BCUT2D eigenvalue weighted by Gasteiger charge is 2.32. The van der Waals surface area contributed by atoms with Gasteiger partial charge in [0.2, 0.25) is 10.0 Å². The number of Topliss-reactive ketones (excluding diaryl/α,β-unsaturated/α-hetero) is 1. The van der Waals surface area contributed by atoms with Crippen molar-refractivity contribution in [3.05, 3.63) is 40.4 Å². The Morgan fingerprint density at radius 2 is 1.96 bits per heavy atom. The van der Waals surface area contributed by atoms with Crippen molar-refractivity contribution in [2.45, 2.75) is 44.8 Å². The summed E-state index contributed by atoms with van der Waals surface area (Å²) in [6, 6.07) is 6.21. The number of rotatable bonds is 6. The summed E-state index contributed by atoms with van der Waals surface area (Å²) >= 11 is 1.49. The molecule has 0 amide bonds. The van der Waals surface area contributed by atoms with Gasteiger partial charge in [-0.15, -0.1) is 11.3 Å². The van der Waals surface area contributed by atoms with E-state index in [-0.39, 0.29) is 29.4 Å². The third-order valence-electron chi connectivity index (χ3n) is 4.61. The number of ketones is 1. The maximum Gasteiger partial charge on any atom is 0.243 e. The lowest BCUT2D eigenvalue weighted by molar-refractivity contribution is -0.0440. The highest BCUT2D eigenvalue weighted by Crippen LogP contribution is 2.23. The molecular weight excluding hydrogens is 398 g/mol. The van der Waals surface area contributed by atoms with Gasteiger partial charge in [0.1, 0.15) is 0 Å². The molecule has 1 aromatic heterocycles. The van der Waals surface area contributed by atoms with Crippen LogP contribution in [0.4, 0.5) is 5.13 Å². The molecule has 0 spiro atoms. The first-order valence-corrected chi connectivity index (χ1v) is 11.4. The van der Waals surface area contributed by atoms with E-state index in [4.69, 9.17) is 4.74 Å². The molecule has 7 nitrogen and oxygen atoms in total.